The SMILES string of the molecule is C=CC=Cc1ccccc1.O=S(=O)(O)C=Cc1ccccc1.[CaH2]. The summed E-state index contributed by atoms with van der Waals surface area (Å²) >= 11 is 0. The van der Waals surface area contributed by atoms with Crippen LogP contribution in [0.5, 0.6) is 0 Å². The van der Waals surface area contributed by atoms with Crippen molar-refractivity contribution in [1.29, 1.82) is 0 Å². The van der Waals surface area contributed by atoms with Crippen LogP contribution in [0, 0.1) is 0 Å². The number of benzene rings is 2. The Labute approximate surface area is 167 Å². The monoisotopic (exact) mass is 356 g/mol. The summed E-state index contributed by atoms with van der Waals surface area (Å²) in [5.74, 6) is 0. The molecule has 5 heteroatoms. The van der Waals surface area contributed by atoms with Crippen molar-refractivity contribution < 1.29 is 13.0 Å². The molecule has 0 amide bonds. The Morgan fingerprint density at radius 3 is 1.65 bits per heavy atom. The van der Waals surface area contributed by atoms with Crippen LogP contribution >= 0.6 is 0 Å². The van der Waals surface area contributed by atoms with Crippen LogP contribution in [-0.4, -0.2) is 50.7 Å². The van der Waals surface area contributed by atoms with Gasteiger partial charge in [-0.15, -0.1) is 0 Å². The van der Waals surface area contributed by atoms with E-state index in [0.717, 1.165) is 11.0 Å². The van der Waals surface area contributed by atoms with Gasteiger partial charge in [-0.3, -0.25) is 4.55 Å². The van der Waals surface area contributed by atoms with E-state index in [-0.39, 0.29) is 37.7 Å². The third-order valence-corrected chi connectivity index (χ3v) is 2.94. The van der Waals surface area contributed by atoms with Crippen LogP contribution in [-0.2, 0) is 10.1 Å². The molecule has 0 atom stereocenters. The molecule has 0 aromatic heterocycles. The molecule has 0 aliphatic rings. The fourth-order valence-corrected chi connectivity index (χ4v) is 1.80. The molecule has 3 nitrogen and oxygen atoms in total. The van der Waals surface area contributed by atoms with Crippen molar-refractivity contribution >= 4 is 60.0 Å². The minimum absolute atomic E-state index is 0. The summed E-state index contributed by atoms with van der Waals surface area (Å²) in [4.78, 5) is 0. The van der Waals surface area contributed by atoms with Crippen LogP contribution in [0.3, 0.4) is 0 Å². The predicted octanol–water partition coefficient (Wildman–Crippen LogP) is 3.51. The zero-order chi connectivity index (χ0) is 16.3. The molecule has 118 valence electrons. The Bertz CT molecular complexity index is 721. The van der Waals surface area contributed by atoms with E-state index >= 15 is 0 Å². The van der Waals surface area contributed by atoms with Gasteiger partial charge in [0.2, 0.25) is 0 Å². The van der Waals surface area contributed by atoms with E-state index in [9.17, 15) is 8.42 Å². The Kier molecular flexibility index (Phi) is 11.7. The summed E-state index contributed by atoms with van der Waals surface area (Å²) in [5.41, 5.74) is 1.94. The Morgan fingerprint density at radius 2 is 1.26 bits per heavy atom. The molecule has 23 heavy (non-hydrogen) atoms. The predicted molar refractivity (Wildman–Crippen MR) is 101 cm³/mol. The molecule has 0 aliphatic heterocycles. The molecular formula is C18H20CaO3S. The van der Waals surface area contributed by atoms with Crippen molar-refractivity contribution in [2.24, 2.45) is 0 Å². The Balaban J connectivity index is 0.000000409. The van der Waals surface area contributed by atoms with Crippen LogP contribution < -0.4 is 0 Å². The van der Waals surface area contributed by atoms with Crippen LogP contribution in [0.1, 0.15) is 11.1 Å². The van der Waals surface area contributed by atoms with Gasteiger partial charge in [0.15, 0.2) is 0 Å². The van der Waals surface area contributed by atoms with Gasteiger partial charge in [-0.2, -0.15) is 8.42 Å². The van der Waals surface area contributed by atoms with E-state index in [1.165, 1.54) is 11.6 Å². The molecule has 0 unspecified atom stereocenters. The average molecular weight is 357 g/mol. The Hall–Kier alpha value is -1.17. The topological polar surface area (TPSA) is 54.4 Å². The van der Waals surface area contributed by atoms with Gasteiger partial charge in [0.05, 0.1) is 5.41 Å². The first-order chi connectivity index (χ1) is 10.5. The molecule has 0 saturated heterocycles. The van der Waals surface area contributed by atoms with E-state index in [2.05, 4.69) is 18.7 Å². The van der Waals surface area contributed by atoms with Gasteiger partial charge < -0.3 is 0 Å². The van der Waals surface area contributed by atoms with Gasteiger partial charge in [0.25, 0.3) is 10.1 Å². The van der Waals surface area contributed by atoms with Crippen molar-refractivity contribution in [3.8, 4) is 0 Å². The van der Waals surface area contributed by atoms with Crippen molar-refractivity contribution in [2.45, 2.75) is 0 Å². The molecule has 0 bridgehead atoms. The summed E-state index contributed by atoms with van der Waals surface area (Å²) in [5, 5.41) is 0.752. The molecule has 0 fully saturated rings. The molecule has 2 rings (SSSR count). The first-order valence-electron chi connectivity index (χ1n) is 6.56. The Morgan fingerprint density at radius 1 is 0.826 bits per heavy atom. The molecule has 2 aromatic rings. The summed E-state index contributed by atoms with van der Waals surface area (Å²) in [6, 6.07) is 19.0. The third kappa shape index (κ3) is 12.0. The molecule has 0 aliphatic carbocycles. The molecule has 0 heterocycles. The van der Waals surface area contributed by atoms with E-state index in [1.807, 2.05) is 36.4 Å². The van der Waals surface area contributed by atoms with Crippen molar-refractivity contribution in [1.82, 2.24) is 0 Å². The maximum atomic E-state index is 10.3. The second-order valence-electron chi connectivity index (χ2n) is 4.23. The molecule has 0 spiro atoms. The van der Waals surface area contributed by atoms with Crippen molar-refractivity contribution in [3.05, 3.63) is 95.9 Å². The minimum atomic E-state index is -4.00. The van der Waals surface area contributed by atoms with Crippen LogP contribution in [0.4, 0.5) is 0 Å². The van der Waals surface area contributed by atoms with Crippen LogP contribution in [0.25, 0.3) is 12.2 Å². The summed E-state index contributed by atoms with van der Waals surface area (Å²) in [7, 11) is -4.00. The number of hydrogen-bond acceptors (Lipinski definition) is 2. The summed E-state index contributed by atoms with van der Waals surface area (Å²) in [6.07, 6.45) is 7.05. The van der Waals surface area contributed by atoms with Crippen LogP contribution in [0.2, 0.25) is 0 Å². The first kappa shape index (κ1) is 21.8. The molecule has 1 N–H and O–H groups in total. The normalized spacial score (nSPS) is 10.7. The number of hydrogen-bond donors (Lipinski definition) is 1. The van der Waals surface area contributed by atoms with Gasteiger partial charge in [0.1, 0.15) is 0 Å². The first-order valence-corrected chi connectivity index (χ1v) is 8.06. The van der Waals surface area contributed by atoms with Gasteiger partial charge >= 0.3 is 37.7 Å². The number of allylic oxidation sites excluding steroid dienone is 2. The van der Waals surface area contributed by atoms with E-state index in [0.29, 0.717) is 0 Å². The zero-order valence-corrected chi connectivity index (χ0v) is 12.9. The van der Waals surface area contributed by atoms with E-state index < -0.39 is 10.1 Å². The molecule has 2 aromatic carbocycles. The molecular weight excluding hydrogens is 336 g/mol. The van der Waals surface area contributed by atoms with Gasteiger partial charge in [-0.25, -0.2) is 0 Å². The summed E-state index contributed by atoms with van der Waals surface area (Å²) in [6.45, 7) is 3.59. The van der Waals surface area contributed by atoms with Crippen molar-refractivity contribution in [2.75, 3.05) is 0 Å². The second-order valence-corrected chi connectivity index (χ2v) is 5.54. The fraction of sp³-hybridized carbons (Fsp3) is 0. The second kappa shape index (κ2) is 12.3. The molecule has 0 radical (unpaired) electrons. The fourth-order valence-electron chi connectivity index (χ4n) is 1.47. The van der Waals surface area contributed by atoms with Crippen molar-refractivity contribution in [3.63, 3.8) is 0 Å². The van der Waals surface area contributed by atoms with Gasteiger partial charge in [-0.1, -0.05) is 85.5 Å². The summed E-state index contributed by atoms with van der Waals surface area (Å²) < 4.78 is 28.9. The van der Waals surface area contributed by atoms with E-state index in [4.69, 9.17) is 4.55 Å². The standard InChI is InChI=1S/C10H10.C8H8O3S.Ca.2H/c1-2-3-7-10-8-5-4-6-9-10;9-12(10,11)7-6-8-4-2-1-3-5-8;;;/h2-9H,1H2;1-7H,(H,9,10,11);;;. The quantitative estimate of drug-likeness (QED) is 0.518. The zero-order valence-electron chi connectivity index (χ0n) is 12.0. The molecule has 0 saturated carbocycles. The maximum absolute atomic E-state index is 10.3. The number of rotatable bonds is 4. The van der Waals surface area contributed by atoms with E-state index in [1.54, 1.807) is 30.3 Å². The van der Waals surface area contributed by atoms with Gasteiger partial charge in [-0.05, 0) is 17.2 Å². The van der Waals surface area contributed by atoms with Crippen LogP contribution in [0.15, 0.2) is 84.8 Å². The third-order valence-electron chi connectivity index (χ3n) is 2.46. The van der Waals surface area contributed by atoms with Gasteiger partial charge in [0, 0.05) is 0 Å². The average Bonchev–Trinajstić information content (AvgIpc) is 2.53.